The van der Waals surface area contributed by atoms with Crippen LogP contribution in [-0.4, -0.2) is 41.7 Å². The van der Waals surface area contributed by atoms with E-state index in [1.165, 1.54) is 12.8 Å². The zero-order valence-electron chi connectivity index (χ0n) is 8.98. The summed E-state index contributed by atoms with van der Waals surface area (Å²) in [7, 11) is 0. The maximum atomic E-state index is 9.27. The van der Waals surface area contributed by atoms with E-state index in [1.54, 1.807) is 11.3 Å². The highest BCUT2D eigenvalue weighted by Gasteiger charge is 2.38. The minimum Gasteiger partial charge on any atom is -0.396 e. The van der Waals surface area contributed by atoms with Crippen molar-refractivity contribution in [2.24, 2.45) is 5.41 Å². The van der Waals surface area contributed by atoms with Crippen LogP contribution in [0.2, 0.25) is 0 Å². The quantitative estimate of drug-likeness (QED) is 0.799. The van der Waals surface area contributed by atoms with Crippen LogP contribution in [0.3, 0.4) is 0 Å². The van der Waals surface area contributed by atoms with Crippen LogP contribution in [0, 0.1) is 5.41 Å². The van der Waals surface area contributed by atoms with Crippen molar-refractivity contribution in [1.82, 2.24) is 10.2 Å². The maximum Gasteiger partial charge on any atom is 0.205 e. The molecule has 1 aromatic heterocycles. The van der Waals surface area contributed by atoms with Crippen LogP contribution in [0.1, 0.15) is 23.8 Å². The van der Waals surface area contributed by atoms with E-state index in [2.05, 4.69) is 15.5 Å². The summed E-state index contributed by atoms with van der Waals surface area (Å²) in [5, 5.41) is 22.8. The summed E-state index contributed by atoms with van der Waals surface area (Å²) in [6, 6.07) is 0. The molecule has 0 atom stereocenters. The molecule has 0 aromatic carbocycles. The lowest BCUT2D eigenvalue weighted by molar-refractivity contribution is -0.128. The second-order valence-electron chi connectivity index (χ2n) is 4.72. The zero-order valence-corrected chi connectivity index (χ0v) is 9.79. The normalized spacial score (nSPS) is 22.8. The lowest BCUT2D eigenvalue weighted by atomic mass is 9.87. The topological polar surface area (TPSA) is 67.3 Å². The van der Waals surface area contributed by atoms with E-state index in [0.29, 0.717) is 25.7 Å². The molecule has 0 radical (unpaired) electrons. The summed E-state index contributed by atoms with van der Waals surface area (Å²) in [6.45, 7) is 2.13. The first-order chi connectivity index (χ1) is 7.81. The van der Waals surface area contributed by atoms with Gasteiger partial charge in [-0.15, -0.1) is 10.2 Å². The highest BCUT2D eigenvalue weighted by Crippen LogP contribution is 2.42. The van der Waals surface area contributed by atoms with Gasteiger partial charge in [-0.05, 0) is 12.8 Å². The first-order valence-corrected chi connectivity index (χ1v) is 6.39. The smallest absolute Gasteiger partial charge is 0.205 e. The average Bonchev–Trinajstić information content (AvgIpc) is 2.98. The summed E-state index contributed by atoms with van der Waals surface area (Å²) < 4.78 is 5.14. The van der Waals surface area contributed by atoms with Crippen LogP contribution in [0.15, 0.2) is 0 Å². The molecule has 88 valence electrons. The Morgan fingerprint density at radius 2 is 2.25 bits per heavy atom. The first kappa shape index (κ1) is 10.4. The van der Waals surface area contributed by atoms with Gasteiger partial charge in [-0.25, -0.2) is 0 Å². The molecule has 1 saturated heterocycles. The van der Waals surface area contributed by atoms with Gasteiger partial charge in [-0.1, -0.05) is 11.3 Å². The van der Waals surface area contributed by atoms with Crippen molar-refractivity contribution in [3.63, 3.8) is 0 Å². The SMILES string of the molecule is OCC1(CNc2nnc(C3CC3)s2)COC1. The van der Waals surface area contributed by atoms with Crippen molar-refractivity contribution in [3.8, 4) is 0 Å². The van der Waals surface area contributed by atoms with Crippen LogP contribution >= 0.6 is 11.3 Å². The van der Waals surface area contributed by atoms with E-state index in [0.717, 1.165) is 10.1 Å². The molecule has 16 heavy (non-hydrogen) atoms. The van der Waals surface area contributed by atoms with Gasteiger partial charge in [0.1, 0.15) is 5.01 Å². The number of aliphatic hydroxyl groups excluding tert-OH is 1. The largest absolute Gasteiger partial charge is 0.396 e. The van der Waals surface area contributed by atoms with Crippen molar-refractivity contribution in [3.05, 3.63) is 5.01 Å². The van der Waals surface area contributed by atoms with Gasteiger partial charge in [0.25, 0.3) is 0 Å². The van der Waals surface area contributed by atoms with Crippen molar-refractivity contribution in [2.75, 3.05) is 31.7 Å². The Balaban J connectivity index is 1.56. The Bertz CT molecular complexity index is 368. The van der Waals surface area contributed by atoms with Gasteiger partial charge in [0.15, 0.2) is 0 Å². The van der Waals surface area contributed by atoms with Gasteiger partial charge in [-0.2, -0.15) is 0 Å². The Labute approximate surface area is 97.8 Å². The Hall–Kier alpha value is -0.720. The third-order valence-electron chi connectivity index (χ3n) is 3.13. The molecule has 3 rings (SSSR count). The molecule has 0 unspecified atom stereocenters. The maximum absolute atomic E-state index is 9.27. The van der Waals surface area contributed by atoms with E-state index >= 15 is 0 Å². The lowest BCUT2D eigenvalue weighted by Crippen LogP contribution is -2.50. The molecular weight excluding hydrogens is 226 g/mol. The molecule has 2 aliphatic rings. The van der Waals surface area contributed by atoms with Crippen LogP contribution in [0.5, 0.6) is 0 Å². The summed E-state index contributed by atoms with van der Waals surface area (Å²) in [4.78, 5) is 0. The molecule has 1 aliphatic heterocycles. The lowest BCUT2D eigenvalue weighted by Gasteiger charge is -2.39. The Morgan fingerprint density at radius 1 is 1.44 bits per heavy atom. The molecule has 2 fully saturated rings. The third-order valence-corrected chi connectivity index (χ3v) is 4.18. The number of nitrogens with one attached hydrogen (secondary N) is 1. The van der Waals surface area contributed by atoms with Gasteiger partial charge in [0, 0.05) is 12.5 Å². The van der Waals surface area contributed by atoms with E-state index in [1.807, 2.05) is 0 Å². The third kappa shape index (κ3) is 1.92. The highest BCUT2D eigenvalue weighted by molar-refractivity contribution is 7.15. The van der Waals surface area contributed by atoms with Crippen molar-refractivity contribution in [2.45, 2.75) is 18.8 Å². The molecule has 0 amide bonds. The molecule has 5 nitrogen and oxygen atoms in total. The van der Waals surface area contributed by atoms with Crippen LogP contribution in [-0.2, 0) is 4.74 Å². The molecule has 1 saturated carbocycles. The van der Waals surface area contributed by atoms with Crippen LogP contribution in [0.4, 0.5) is 5.13 Å². The summed E-state index contributed by atoms with van der Waals surface area (Å²) in [5.74, 6) is 0.659. The molecule has 6 heteroatoms. The van der Waals surface area contributed by atoms with E-state index < -0.39 is 0 Å². The summed E-state index contributed by atoms with van der Waals surface area (Å²) >= 11 is 1.63. The number of ether oxygens (including phenoxy) is 1. The monoisotopic (exact) mass is 241 g/mol. The van der Waals surface area contributed by atoms with Crippen LogP contribution in [0.25, 0.3) is 0 Å². The van der Waals surface area contributed by atoms with Crippen molar-refractivity contribution >= 4 is 16.5 Å². The average molecular weight is 241 g/mol. The number of aromatic nitrogens is 2. The number of nitrogens with zero attached hydrogens (tertiary/aromatic N) is 2. The minimum atomic E-state index is -0.106. The highest BCUT2D eigenvalue weighted by atomic mass is 32.1. The van der Waals surface area contributed by atoms with Gasteiger partial charge < -0.3 is 15.2 Å². The fourth-order valence-corrected chi connectivity index (χ4v) is 2.61. The number of anilines is 1. The molecule has 2 heterocycles. The molecule has 1 aliphatic carbocycles. The summed E-state index contributed by atoms with van der Waals surface area (Å²) in [6.07, 6.45) is 2.51. The Morgan fingerprint density at radius 3 is 2.81 bits per heavy atom. The standard InChI is InChI=1S/C10H15N3O2S/c14-4-10(5-15-6-10)3-11-9-13-12-8(16-9)7-1-2-7/h7,14H,1-6H2,(H,11,13). The van der Waals surface area contributed by atoms with Crippen molar-refractivity contribution < 1.29 is 9.84 Å². The first-order valence-electron chi connectivity index (χ1n) is 5.57. The molecule has 2 N–H and O–H groups in total. The minimum absolute atomic E-state index is 0.106. The number of hydrogen-bond donors (Lipinski definition) is 2. The molecule has 0 spiro atoms. The van der Waals surface area contributed by atoms with Gasteiger partial charge in [0.2, 0.25) is 5.13 Å². The number of rotatable bonds is 5. The van der Waals surface area contributed by atoms with Gasteiger partial charge >= 0.3 is 0 Å². The predicted molar refractivity (Wildman–Crippen MR) is 60.7 cm³/mol. The van der Waals surface area contributed by atoms with Crippen molar-refractivity contribution in [1.29, 1.82) is 0 Å². The van der Waals surface area contributed by atoms with E-state index in [-0.39, 0.29) is 12.0 Å². The molecule has 1 aromatic rings. The fourth-order valence-electron chi connectivity index (χ4n) is 1.70. The van der Waals surface area contributed by atoms with E-state index in [4.69, 9.17) is 4.74 Å². The van der Waals surface area contributed by atoms with E-state index in [9.17, 15) is 5.11 Å². The molecular formula is C10H15N3O2S. The second-order valence-corrected chi connectivity index (χ2v) is 5.73. The van der Waals surface area contributed by atoms with Gasteiger partial charge in [0.05, 0.1) is 25.2 Å². The van der Waals surface area contributed by atoms with Crippen LogP contribution < -0.4 is 5.32 Å². The predicted octanol–water partition coefficient (Wildman–Crippen LogP) is 0.836. The van der Waals surface area contributed by atoms with Gasteiger partial charge in [-0.3, -0.25) is 0 Å². The summed E-state index contributed by atoms with van der Waals surface area (Å²) in [5.41, 5.74) is -0.106. The number of aliphatic hydroxyl groups is 1. The Kier molecular flexibility index (Phi) is 2.57. The second kappa shape index (κ2) is 3.94. The molecule has 0 bridgehead atoms. The zero-order chi connectivity index (χ0) is 11.0. The fraction of sp³-hybridized carbons (Fsp3) is 0.800. The number of hydrogen-bond acceptors (Lipinski definition) is 6.